The molecule has 0 unspecified atom stereocenters. The number of nitro benzene ring substituents is 1. The minimum absolute atomic E-state index is 0.0568. The van der Waals surface area contributed by atoms with Gasteiger partial charge in [-0.2, -0.15) is 10.1 Å². The molecular weight excluding hydrogens is 534 g/mol. The van der Waals surface area contributed by atoms with Crippen LogP contribution in [0.25, 0.3) is 11.2 Å². The summed E-state index contributed by atoms with van der Waals surface area (Å²) in [7, 11) is 2.90. The Morgan fingerprint density at radius 1 is 0.976 bits per heavy atom. The number of nitrogens with zero attached hydrogens (tertiary/aromatic N) is 6. The summed E-state index contributed by atoms with van der Waals surface area (Å²) in [4.78, 5) is 40.8. The lowest BCUT2D eigenvalue weighted by Gasteiger charge is -2.16. The quantitative estimate of drug-likeness (QED) is 0.155. The topological polar surface area (TPSA) is 157 Å². The van der Waals surface area contributed by atoms with Crippen LogP contribution < -0.4 is 30.9 Å². The number of non-ortho nitro benzene ring substituents is 1. The number of hydrazone groups is 1. The third-order valence-electron chi connectivity index (χ3n) is 6.15. The zero-order valence-corrected chi connectivity index (χ0v) is 23.4. The molecule has 14 nitrogen and oxygen atoms in total. The molecule has 0 fully saturated rings. The molecule has 0 saturated carbocycles. The van der Waals surface area contributed by atoms with Crippen molar-refractivity contribution >= 4 is 29.0 Å². The fourth-order valence-corrected chi connectivity index (χ4v) is 4.24. The fourth-order valence-electron chi connectivity index (χ4n) is 4.24. The average Bonchev–Trinajstić information content (AvgIpc) is 3.31. The molecule has 0 amide bonds. The number of rotatable bonds is 12. The predicted octanol–water partition coefficient (Wildman–Crippen LogP) is 3.03. The van der Waals surface area contributed by atoms with E-state index in [1.54, 1.807) is 28.8 Å². The third kappa shape index (κ3) is 5.90. The van der Waals surface area contributed by atoms with Crippen LogP contribution in [0.2, 0.25) is 0 Å². The van der Waals surface area contributed by atoms with Crippen molar-refractivity contribution in [3.05, 3.63) is 78.5 Å². The van der Waals surface area contributed by atoms with E-state index in [-0.39, 0.29) is 29.3 Å². The van der Waals surface area contributed by atoms with Crippen molar-refractivity contribution in [2.45, 2.75) is 27.3 Å². The number of hydrogen-bond acceptors (Lipinski definition) is 10. The van der Waals surface area contributed by atoms with Crippen molar-refractivity contribution < 1.29 is 19.1 Å². The van der Waals surface area contributed by atoms with E-state index < -0.39 is 16.2 Å². The van der Waals surface area contributed by atoms with E-state index in [2.05, 4.69) is 15.5 Å². The largest absolute Gasteiger partial charge is 0.490 e. The van der Waals surface area contributed by atoms with Gasteiger partial charge in [-0.05, 0) is 38.5 Å². The van der Waals surface area contributed by atoms with Crippen molar-refractivity contribution in [3.8, 4) is 17.2 Å². The molecule has 0 aliphatic carbocycles. The van der Waals surface area contributed by atoms with Crippen LogP contribution in [0.5, 0.6) is 17.2 Å². The number of nitrogens with one attached hydrogen (secondary N) is 1. The standard InChI is InChI=1S/C27H31N7O7/c1-6-39-20-13-18(14-21(40-7-2)23(20)41-8-3)15-28-30-26-29-24-22(25(35)32(5)27(36)31(24)4)33(26)16-17-9-11-19(12-10-17)34(37)38/h9-15H,6-8,16H2,1-5H3,(H,29,30)/b28-15-. The van der Waals surface area contributed by atoms with Crippen LogP contribution >= 0.6 is 0 Å². The highest BCUT2D eigenvalue weighted by atomic mass is 16.6. The zero-order valence-electron chi connectivity index (χ0n) is 23.4. The molecule has 0 aliphatic rings. The van der Waals surface area contributed by atoms with Gasteiger partial charge in [-0.3, -0.25) is 28.6 Å². The summed E-state index contributed by atoms with van der Waals surface area (Å²) < 4.78 is 21.1. The van der Waals surface area contributed by atoms with Crippen LogP contribution in [-0.4, -0.2) is 49.6 Å². The minimum atomic E-state index is -0.538. The molecule has 0 spiro atoms. The highest BCUT2D eigenvalue weighted by Crippen LogP contribution is 2.38. The van der Waals surface area contributed by atoms with Gasteiger partial charge < -0.3 is 14.2 Å². The Kier molecular flexibility index (Phi) is 8.70. The van der Waals surface area contributed by atoms with Crippen molar-refractivity contribution in [1.29, 1.82) is 0 Å². The van der Waals surface area contributed by atoms with Gasteiger partial charge in [-0.15, -0.1) is 0 Å². The maximum absolute atomic E-state index is 13.1. The van der Waals surface area contributed by atoms with Crippen molar-refractivity contribution in [3.63, 3.8) is 0 Å². The summed E-state index contributed by atoms with van der Waals surface area (Å²) in [6, 6.07) is 9.47. The Bertz CT molecular complexity index is 1690. The summed E-state index contributed by atoms with van der Waals surface area (Å²) >= 11 is 0. The Morgan fingerprint density at radius 3 is 2.15 bits per heavy atom. The van der Waals surface area contributed by atoms with Crippen LogP contribution in [0.4, 0.5) is 11.6 Å². The lowest BCUT2D eigenvalue weighted by atomic mass is 10.2. The van der Waals surface area contributed by atoms with Gasteiger partial charge in [0.1, 0.15) is 0 Å². The third-order valence-corrected chi connectivity index (χ3v) is 6.15. The van der Waals surface area contributed by atoms with Crippen molar-refractivity contribution in [2.24, 2.45) is 19.2 Å². The molecule has 1 N–H and O–H groups in total. The van der Waals surface area contributed by atoms with Gasteiger partial charge in [-0.25, -0.2) is 10.2 Å². The summed E-state index contributed by atoms with van der Waals surface area (Å²) in [6.07, 6.45) is 1.54. The zero-order chi connectivity index (χ0) is 29.7. The van der Waals surface area contributed by atoms with Crippen LogP contribution in [0, 0.1) is 10.1 Å². The smallest absolute Gasteiger partial charge is 0.332 e. The van der Waals surface area contributed by atoms with Crippen LogP contribution in [0.15, 0.2) is 51.1 Å². The van der Waals surface area contributed by atoms with Gasteiger partial charge in [0.2, 0.25) is 11.7 Å². The van der Waals surface area contributed by atoms with E-state index in [1.165, 1.54) is 37.0 Å². The molecule has 0 saturated heterocycles. The summed E-state index contributed by atoms with van der Waals surface area (Å²) in [5, 5.41) is 15.4. The molecule has 216 valence electrons. The first-order chi connectivity index (χ1) is 19.7. The Hall–Kier alpha value is -5.14. The van der Waals surface area contributed by atoms with Crippen molar-refractivity contribution in [1.82, 2.24) is 18.7 Å². The Balaban J connectivity index is 1.76. The van der Waals surface area contributed by atoms with Gasteiger partial charge in [0.15, 0.2) is 22.7 Å². The molecule has 2 aromatic carbocycles. The maximum atomic E-state index is 13.1. The number of imidazole rings is 1. The summed E-state index contributed by atoms with van der Waals surface area (Å²) in [5.74, 6) is 1.70. The Labute approximate surface area is 234 Å². The van der Waals surface area contributed by atoms with Gasteiger partial charge in [0.25, 0.3) is 11.2 Å². The molecule has 41 heavy (non-hydrogen) atoms. The molecule has 0 atom stereocenters. The normalized spacial score (nSPS) is 11.2. The number of benzene rings is 2. The maximum Gasteiger partial charge on any atom is 0.332 e. The van der Waals surface area contributed by atoms with Gasteiger partial charge >= 0.3 is 5.69 Å². The minimum Gasteiger partial charge on any atom is -0.490 e. The number of nitro groups is 1. The second-order valence-electron chi connectivity index (χ2n) is 8.84. The molecule has 4 aromatic rings. The van der Waals surface area contributed by atoms with Gasteiger partial charge in [0.05, 0.1) is 37.5 Å². The highest BCUT2D eigenvalue weighted by molar-refractivity contribution is 5.83. The van der Waals surface area contributed by atoms with Gasteiger partial charge in [0, 0.05) is 31.8 Å². The first-order valence-electron chi connectivity index (χ1n) is 12.9. The molecule has 2 heterocycles. The molecular formula is C27H31N7O7. The Morgan fingerprint density at radius 2 is 1.59 bits per heavy atom. The van der Waals surface area contributed by atoms with Crippen molar-refractivity contribution in [2.75, 3.05) is 25.2 Å². The van der Waals surface area contributed by atoms with E-state index in [0.29, 0.717) is 48.2 Å². The van der Waals surface area contributed by atoms with E-state index >= 15 is 0 Å². The number of fused-ring (bicyclic) bond motifs is 1. The summed E-state index contributed by atoms with van der Waals surface area (Å²) in [6.45, 7) is 7.01. The molecule has 14 heteroatoms. The monoisotopic (exact) mass is 565 g/mol. The fraction of sp³-hybridized carbons (Fsp3) is 0.333. The van der Waals surface area contributed by atoms with Gasteiger partial charge in [-0.1, -0.05) is 12.1 Å². The predicted molar refractivity (Wildman–Crippen MR) is 154 cm³/mol. The SMILES string of the molecule is CCOc1cc(/C=N\Nc2nc3c(c(=O)n(C)c(=O)n3C)n2Cc2ccc([N+](=O)[O-])cc2)cc(OCC)c1OCC. The lowest BCUT2D eigenvalue weighted by Crippen LogP contribution is -2.37. The number of ether oxygens (including phenoxy) is 3. The first kappa shape index (κ1) is 28.9. The van der Waals surface area contributed by atoms with E-state index in [0.717, 1.165) is 4.57 Å². The highest BCUT2D eigenvalue weighted by Gasteiger charge is 2.20. The molecule has 2 aromatic heterocycles. The number of hydrogen-bond donors (Lipinski definition) is 1. The van der Waals surface area contributed by atoms with Crippen LogP contribution in [-0.2, 0) is 20.6 Å². The second kappa shape index (κ2) is 12.4. The van der Waals surface area contributed by atoms with E-state index in [9.17, 15) is 19.7 Å². The van der Waals surface area contributed by atoms with Crippen LogP contribution in [0.3, 0.4) is 0 Å². The summed E-state index contributed by atoms with van der Waals surface area (Å²) in [5.41, 5.74) is 3.40. The molecule has 0 aliphatic heterocycles. The second-order valence-corrected chi connectivity index (χ2v) is 8.84. The molecule has 0 bridgehead atoms. The number of aromatic nitrogens is 4. The number of anilines is 1. The van der Waals surface area contributed by atoms with E-state index in [1.807, 2.05) is 20.8 Å². The average molecular weight is 566 g/mol. The first-order valence-corrected chi connectivity index (χ1v) is 12.9. The lowest BCUT2D eigenvalue weighted by molar-refractivity contribution is -0.384. The molecule has 4 rings (SSSR count). The van der Waals surface area contributed by atoms with E-state index in [4.69, 9.17) is 14.2 Å². The number of aryl methyl sites for hydroxylation is 1. The van der Waals surface area contributed by atoms with Crippen LogP contribution in [0.1, 0.15) is 31.9 Å². The molecule has 0 radical (unpaired) electrons.